The van der Waals surface area contributed by atoms with Crippen molar-refractivity contribution in [3.05, 3.63) is 12.1 Å². The Kier molecular flexibility index (Phi) is 5.50. The van der Waals surface area contributed by atoms with E-state index in [2.05, 4.69) is 9.97 Å². The number of rotatable bonds is 4. The Balaban J connectivity index is 0.00000208. The molecule has 24 heavy (non-hydrogen) atoms. The van der Waals surface area contributed by atoms with Gasteiger partial charge in [0.2, 0.25) is 12.4 Å². The molecule has 0 unspecified atom stereocenters. The predicted octanol–water partition coefficient (Wildman–Crippen LogP) is 0.929. The highest BCUT2D eigenvalue weighted by Crippen LogP contribution is 2.34. The molecule has 0 aliphatic carbocycles. The van der Waals surface area contributed by atoms with Crippen LogP contribution in [0.3, 0.4) is 0 Å². The number of halogens is 1. The van der Waals surface area contributed by atoms with E-state index in [4.69, 9.17) is 15.2 Å². The van der Waals surface area contributed by atoms with Crippen molar-refractivity contribution in [3.8, 4) is 11.5 Å². The zero-order valence-electron chi connectivity index (χ0n) is 13.6. The maximum atomic E-state index is 10.8. The van der Waals surface area contributed by atoms with Crippen molar-refractivity contribution in [1.29, 1.82) is 0 Å². The van der Waals surface area contributed by atoms with E-state index in [0.717, 1.165) is 11.8 Å². The van der Waals surface area contributed by atoms with E-state index in [1.54, 1.807) is 31.3 Å². The number of methoxy groups -OCH3 is 2. The molecule has 0 spiro atoms. The largest absolute Gasteiger partial charge is 0.493 e. The van der Waals surface area contributed by atoms with Gasteiger partial charge in [0.15, 0.2) is 11.5 Å². The second-order valence-electron chi connectivity index (χ2n) is 5.26. The van der Waals surface area contributed by atoms with Gasteiger partial charge >= 0.3 is 0 Å². The number of nitrogen functional groups attached to an aromatic ring is 1. The normalized spacial score (nSPS) is 14.2. The number of nitrogens with zero attached hydrogens (tertiary/aromatic N) is 4. The number of anilines is 2. The molecule has 1 saturated heterocycles. The quantitative estimate of drug-likeness (QED) is 0.817. The maximum Gasteiger partial charge on any atom is 0.228 e. The Morgan fingerprint density at radius 2 is 1.71 bits per heavy atom. The summed E-state index contributed by atoms with van der Waals surface area (Å²) in [5.41, 5.74) is 6.79. The van der Waals surface area contributed by atoms with Gasteiger partial charge in [-0.25, -0.2) is 4.98 Å². The van der Waals surface area contributed by atoms with Crippen molar-refractivity contribution in [2.45, 2.75) is 0 Å². The molecule has 130 valence electrons. The first kappa shape index (κ1) is 17.9. The van der Waals surface area contributed by atoms with E-state index >= 15 is 0 Å². The summed E-state index contributed by atoms with van der Waals surface area (Å²) in [6.07, 6.45) is 0.865. The molecule has 0 saturated carbocycles. The van der Waals surface area contributed by atoms with Crippen LogP contribution in [0.2, 0.25) is 0 Å². The highest BCUT2D eigenvalue weighted by Gasteiger charge is 2.20. The SMILES string of the molecule is COc1cc2nc(N3CCN(C=O)CC3)nc(N)c2cc1OC.Cl. The molecule has 1 amide bonds. The van der Waals surface area contributed by atoms with Crippen molar-refractivity contribution >= 4 is 41.5 Å². The molecule has 1 fully saturated rings. The lowest BCUT2D eigenvalue weighted by Gasteiger charge is -2.32. The average Bonchev–Trinajstić information content (AvgIpc) is 2.60. The fraction of sp³-hybridized carbons (Fsp3) is 0.400. The molecular weight excluding hydrogens is 334 g/mol. The molecule has 1 aliphatic heterocycles. The highest BCUT2D eigenvalue weighted by atomic mass is 35.5. The molecule has 0 atom stereocenters. The van der Waals surface area contributed by atoms with Crippen LogP contribution in [-0.4, -0.2) is 61.7 Å². The summed E-state index contributed by atoms with van der Waals surface area (Å²) in [5.74, 6) is 2.13. The van der Waals surface area contributed by atoms with Crippen molar-refractivity contribution < 1.29 is 14.3 Å². The second-order valence-corrected chi connectivity index (χ2v) is 5.26. The summed E-state index contributed by atoms with van der Waals surface area (Å²) in [6.45, 7) is 2.65. The summed E-state index contributed by atoms with van der Waals surface area (Å²) in [6, 6.07) is 3.56. The fourth-order valence-corrected chi connectivity index (χ4v) is 2.64. The Morgan fingerprint density at radius 1 is 1.08 bits per heavy atom. The number of aromatic nitrogens is 2. The lowest BCUT2D eigenvalue weighted by Crippen LogP contribution is -2.46. The van der Waals surface area contributed by atoms with Crippen molar-refractivity contribution in [2.75, 3.05) is 51.0 Å². The predicted molar refractivity (Wildman–Crippen MR) is 94.2 cm³/mol. The minimum Gasteiger partial charge on any atom is -0.493 e. The summed E-state index contributed by atoms with van der Waals surface area (Å²) in [4.78, 5) is 23.5. The minimum atomic E-state index is 0. The zero-order valence-corrected chi connectivity index (χ0v) is 14.4. The molecule has 0 bridgehead atoms. The Bertz CT molecular complexity index is 735. The Morgan fingerprint density at radius 3 is 2.29 bits per heavy atom. The molecule has 0 radical (unpaired) electrons. The van der Waals surface area contributed by atoms with Crippen LogP contribution in [0.4, 0.5) is 11.8 Å². The summed E-state index contributed by atoms with van der Waals surface area (Å²) in [7, 11) is 3.15. The standard InChI is InChI=1S/C15H19N5O3.ClH/c1-22-12-7-10-11(8-13(12)23-2)17-15(18-14(10)16)20-5-3-19(9-21)4-6-20;/h7-9H,3-6H2,1-2H3,(H2,16,17,18);1H. The molecule has 2 aromatic rings. The first-order valence-electron chi connectivity index (χ1n) is 7.29. The van der Waals surface area contributed by atoms with Gasteiger partial charge in [-0.2, -0.15) is 4.98 Å². The maximum absolute atomic E-state index is 10.8. The van der Waals surface area contributed by atoms with E-state index in [0.29, 0.717) is 55.0 Å². The highest BCUT2D eigenvalue weighted by molar-refractivity contribution is 5.91. The van der Waals surface area contributed by atoms with Crippen molar-refractivity contribution in [3.63, 3.8) is 0 Å². The van der Waals surface area contributed by atoms with E-state index in [1.807, 2.05) is 4.90 Å². The van der Waals surface area contributed by atoms with Crippen LogP contribution in [-0.2, 0) is 4.79 Å². The van der Waals surface area contributed by atoms with Crippen LogP contribution in [0.15, 0.2) is 12.1 Å². The molecular formula is C15H20ClN5O3. The van der Waals surface area contributed by atoms with E-state index < -0.39 is 0 Å². The van der Waals surface area contributed by atoms with Gasteiger partial charge in [-0.15, -0.1) is 12.4 Å². The Labute approximate surface area is 146 Å². The van der Waals surface area contributed by atoms with Crippen LogP contribution in [0, 0.1) is 0 Å². The topological polar surface area (TPSA) is 93.8 Å². The number of fused-ring (bicyclic) bond motifs is 1. The van der Waals surface area contributed by atoms with E-state index in [9.17, 15) is 4.79 Å². The van der Waals surface area contributed by atoms with Crippen molar-refractivity contribution in [1.82, 2.24) is 14.9 Å². The van der Waals surface area contributed by atoms with Gasteiger partial charge in [0.1, 0.15) is 5.82 Å². The van der Waals surface area contributed by atoms with Crippen LogP contribution in [0.25, 0.3) is 10.9 Å². The minimum absolute atomic E-state index is 0. The first-order chi connectivity index (χ1) is 11.2. The average molecular weight is 354 g/mol. The summed E-state index contributed by atoms with van der Waals surface area (Å²) < 4.78 is 10.6. The van der Waals surface area contributed by atoms with Gasteiger partial charge in [-0.3, -0.25) is 4.79 Å². The van der Waals surface area contributed by atoms with Crippen LogP contribution < -0.4 is 20.1 Å². The second kappa shape index (κ2) is 7.39. The van der Waals surface area contributed by atoms with Gasteiger partial charge < -0.3 is 25.0 Å². The summed E-state index contributed by atoms with van der Waals surface area (Å²) in [5, 5.41) is 0.720. The van der Waals surface area contributed by atoms with Gasteiger partial charge in [-0.05, 0) is 6.07 Å². The van der Waals surface area contributed by atoms with Gasteiger partial charge in [0.25, 0.3) is 0 Å². The number of hydrogen-bond donors (Lipinski definition) is 1. The lowest BCUT2D eigenvalue weighted by atomic mass is 10.2. The smallest absolute Gasteiger partial charge is 0.228 e. The zero-order chi connectivity index (χ0) is 16.4. The van der Waals surface area contributed by atoms with Crippen LogP contribution >= 0.6 is 12.4 Å². The number of ether oxygens (including phenoxy) is 2. The summed E-state index contributed by atoms with van der Waals surface area (Å²) >= 11 is 0. The number of nitrogens with two attached hydrogens (primary N) is 1. The molecule has 8 nitrogen and oxygen atoms in total. The fourth-order valence-electron chi connectivity index (χ4n) is 2.64. The van der Waals surface area contributed by atoms with Crippen molar-refractivity contribution in [2.24, 2.45) is 0 Å². The molecule has 1 aromatic heterocycles. The number of piperazine rings is 1. The number of carbonyl (C=O) groups is 1. The van der Waals surface area contributed by atoms with Crippen LogP contribution in [0.5, 0.6) is 11.5 Å². The third kappa shape index (κ3) is 3.23. The van der Waals surface area contributed by atoms with Gasteiger partial charge in [0, 0.05) is 37.6 Å². The third-order valence-corrected chi connectivity index (χ3v) is 3.96. The third-order valence-electron chi connectivity index (χ3n) is 3.96. The van der Waals surface area contributed by atoms with Gasteiger partial charge in [0.05, 0.1) is 19.7 Å². The first-order valence-corrected chi connectivity index (χ1v) is 7.29. The van der Waals surface area contributed by atoms with E-state index in [1.165, 1.54) is 0 Å². The molecule has 2 N–H and O–H groups in total. The molecule has 2 heterocycles. The van der Waals surface area contributed by atoms with E-state index in [-0.39, 0.29) is 12.4 Å². The number of carbonyl (C=O) groups excluding carboxylic acids is 1. The monoisotopic (exact) mass is 353 g/mol. The molecule has 1 aliphatic rings. The molecule has 9 heteroatoms. The van der Waals surface area contributed by atoms with Crippen LogP contribution in [0.1, 0.15) is 0 Å². The molecule has 1 aromatic carbocycles. The number of amides is 1. The lowest BCUT2D eigenvalue weighted by molar-refractivity contribution is -0.118. The molecule has 3 rings (SSSR count). The number of benzene rings is 1. The van der Waals surface area contributed by atoms with Gasteiger partial charge in [-0.1, -0.05) is 0 Å². The Hall–Kier alpha value is -2.48. The number of hydrogen-bond acceptors (Lipinski definition) is 7.